The highest BCUT2D eigenvalue weighted by Gasteiger charge is 2.04. The zero-order valence-corrected chi connectivity index (χ0v) is 7.52. The molecule has 0 aliphatic carbocycles. The lowest BCUT2D eigenvalue weighted by molar-refractivity contribution is 0.395. The van der Waals surface area contributed by atoms with Gasteiger partial charge >= 0.3 is 0 Å². The number of hydrogen-bond acceptors (Lipinski definition) is 4. The largest absolute Gasteiger partial charge is 0.395 e. The van der Waals surface area contributed by atoms with Gasteiger partial charge in [0.1, 0.15) is 0 Å². The van der Waals surface area contributed by atoms with Crippen LogP contribution in [0.3, 0.4) is 0 Å². The van der Waals surface area contributed by atoms with Crippen LogP contribution in [0, 0.1) is 0 Å². The fraction of sp³-hybridized carbons (Fsp3) is 0.571. The molecule has 0 spiro atoms. The van der Waals surface area contributed by atoms with Gasteiger partial charge in [0.25, 0.3) is 0 Å². The van der Waals surface area contributed by atoms with Crippen molar-refractivity contribution in [2.24, 2.45) is 0 Å². The van der Waals surface area contributed by atoms with Crippen molar-refractivity contribution < 1.29 is 4.52 Å². The van der Waals surface area contributed by atoms with Crippen molar-refractivity contribution in [2.75, 3.05) is 5.73 Å². The van der Waals surface area contributed by atoms with E-state index in [4.69, 9.17) is 10.3 Å². The maximum absolute atomic E-state index is 5.56. The minimum absolute atomic E-state index is 0.597. The number of nitrogens with zero attached hydrogens (tertiary/aromatic N) is 1. The Hall–Kier alpha value is -0.640. The molecule has 1 heterocycles. The Morgan fingerprint density at radius 3 is 2.91 bits per heavy atom. The minimum Gasteiger partial charge on any atom is -0.395 e. The normalized spacial score (nSPS) is 10.8. The van der Waals surface area contributed by atoms with Gasteiger partial charge in [-0.05, 0) is 5.25 Å². The summed E-state index contributed by atoms with van der Waals surface area (Å²) in [4.78, 5) is 0. The number of nitrogens with two attached hydrogens (primary N) is 1. The van der Waals surface area contributed by atoms with E-state index in [1.54, 1.807) is 11.8 Å². The van der Waals surface area contributed by atoms with Crippen LogP contribution < -0.4 is 5.73 Å². The van der Waals surface area contributed by atoms with Crippen molar-refractivity contribution in [3.05, 3.63) is 12.0 Å². The van der Waals surface area contributed by atoms with Gasteiger partial charge in [-0.15, -0.1) is 0 Å². The highest BCUT2D eigenvalue weighted by molar-refractivity contribution is 7.99. The predicted molar refractivity (Wildman–Crippen MR) is 47.3 cm³/mol. The smallest absolute Gasteiger partial charge is 0.169 e. The monoisotopic (exact) mass is 172 g/mol. The Balaban J connectivity index is 2.44. The Morgan fingerprint density at radius 1 is 1.73 bits per heavy atom. The van der Waals surface area contributed by atoms with E-state index in [2.05, 4.69) is 19.0 Å². The first-order chi connectivity index (χ1) is 5.20. The van der Waals surface area contributed by atoms with Crippen LogP contribution >= 0.6 is 11.8 Å². The molecular formula is C7H12N2OS. The van der Waals surface area contributed by atoms with Gasteiger partial charge in [-0.25, -0.2) is 0 Å². The average molecular weight is 172 g/mol. The molecule has 1 aromatic heterocycles. The first kappa shape index (κ1) is 8.46. The molecule has 0 amide bonds. The quantitative estimate of drug-likeness (QED) is 0.756. The van der Waals surface area contributed by atoms with E-state index in [1.807, 2.05) is 0 Å². The third-order valence-corrected chi connectivity index (χ3v) is 2.32. The van der Waals surface area contributed by atoms with Gasteiger partial charge in [0.15, 0.2) is 5.76 Å². The first-order valence-electron chi connectivity index (χ1n) is 3.50. The summed E-state index contributed by atoms with van der Waals surface area (Å²) in [5, 5.41) is 4.18. The molecule has 0 radical (unpaired) electrons. The van der Waals surface area contributed by atoms with Crippen molar-refractivity contribution in [3.63, 3.8) is 0 Å². The maximum atomic E-state index is 5.56. The van der Waals surface area contributed by atoms with Crippen molar-refractivity contribution in [1.82, 2.24) is 5.16 Å². The molecule has 0 fully saturated rings. The molecule has 1 aromatic rings. The molecule has 4 heteroatoms. The minimum atomic E-state index is 0.597. The first-order valence-corrected chi connectivity index (χ1v) is 4.55. The van der Waals surface area contributed by atoms with Crippen molar-refractivity contribution in [1.29, 1.82) is 0 Å². The lowest BCUT2D eigenvalue weighted by Crippen LogP contribution is -1.91. The summed E-state index contributed by atoms with van der Waals surface area (Å²) in [7, 11) is 0. The van der Waals surface area contributed by atoms with Crippen LogP contribution in [0.2, 0.25) is 0 Å². The fourth-order valence-corrected chi connectivity index (χ4v) is 1.33. The van der Waals surface area contributed by atoms with Gasteiger partial charge in [-0.3, -0.25) is 0 Å². The van der Waals surface area contributed by atoms with E-state index in [9.17, 15) is 0 Å². The van der Waals surface area contributed by atoms with Crippen LogP contribution in [-0.4, -0.2) is 10.4 Å². The van der Waals surface area contributed by atoms with E-state index >= 15 is 0 Å². The van der Waals surface area contributed by atoms with Gasteiger partial charge in [0.05, 0.1) is 17.6 Å². The van der Waals surface area contributed by atoms with E-state index in [0.29, 0.717) is 10.9 Å². The SMILES string of the molecule is CC(C)SCc1oncc1N. The number of anilines is 1. The third kappa shape index (κ3) is 2.46. The maximum Gasteiger partial charge on any atom is 0.169 e. The average Bonchev–Trinajstić information content (AvgIpc) is 2.31. The summed E-state index contributed by atoms with van der Waals surface area (Å²) in [5.41, 5.74) is 6.21. The van der Waals surface area contributed by atoms with Gasteiger partial charge in [-0.1, -0.05) is 19.0 Å². The lowest BCUT2D eigenvalue weighted by Gasteiger charge is -2.00. The van der Waals surface area contributed by atoms with Gasteiger partial charge in [0.2, 0.25) is 0 Å². The second kappa shape index (κ2) is 3.67. The Bertz CT molecular complexity index is 222. The van der Waals surface area contributed by atoms with Crippen LogP contribution in [0.25, 0.3) is 0 Å². The highest BCUT2D eigenvalue weighted by atomic mass is 32.2. The van der Waals surface area contributed by atoms with Crippen molar-refractivity contribution >= 4 is 17.4 Å². The highest BCUT2D eigenvalue weighted by Crippen LogP contribution is 2.20. The molecule has 0 bridgehead atoms. The van der Waals surface area contributed by atoms with Gasteiger partial charge in [0, 0.05) is 0 Å². The lowest BCUT2D eigenvalue weighted by atomic mass is 10.4. The molecule has 1 rings (SSSR count). The molecule has 11 heavy (non-hydrogen) atoms. The Labute approximate surface area is 70.3 Å². The second-order valence-corrected chi connectivity index (χ2v) is 4.13. The number of thioether (sulfide) groups is 1. The number of rotatable bonds is 3. The molecule has 0 atom stereocenters. The van der Waals surface area contributed by atoms with E-state index in [-0.39, 0.29) is 0 Å². The van der Waals surface area contributed by atoms with Crippen LogP contribution in [-0.2, 0) is 5.75 Å². The molecule has 0 saturated heterocycles. The van der Waals surface area contributed by atoms with E-state index in [0.717, 1.165) is 11.5 Å². The molecule has 0 saturated carbocycles. The van der Waals surface area contributed by atoms with Gasteiger partial charge in [-0.2, -0.15) is 11.8 Å². The molecule has 0 aliphatic rings. The van der Waals surface area contributed by atoms with Crippen LogP contribution in [0.1, 0.15) is 19.6 Å². The topological polar surface area (TPSA) is 52.0 Å². The van der Waals surface area contributed by atoms with Crippen molar-refractivity contribution in [2.45, 2.75) is 24.9 Å². The van der Waals surface area contributed by atoms with Crippen LogP contribution in [0.15, 0.2) is 10.7 Å². The van der Waals surface area contributed by atoms with Gasteiger partial charge < -0.3 is 10.3 Å². The molecule has 62 valence electrons. The van der Waals surface area contributed by atoms with Crippen LogP contribution in [0.5, 0.6) is 0 Å². The molecule has 2 N–H and O–H groups in total. The Kier molecular flexibility index (Phi) is 2.82. The van der Waals surface area contributed by atoms with E-state index in [1.165, 1.54) is 6.20 Å². The standard InChI is InChI=1S/C7H12N2OS/c1-5(2)11-4-7-6(8)3-9-10-7/h3,5H,4,8H2,1-2H3. The summed E-state index contributed by atoms with van der Waals surface area (Å²) < 4.78 is 4.92. The molecule has 0 unspecified atom stereocenters. The summed E-state index contributed by atoms with van der Waals surface area (Å²) >= 11 is 1.79. The number of aromatic nitrogens is 1. The summed E-state index contributed by atoms with van der Waals surface area (Å²) in [6.07, 6.45) is 1.54. The summed E-state index contributed by atoms with van der Waals surface area (Å²) in [6, 6.07) is 0. The Morgan fingerprint density at radius 2 is 2.45 bits per heavy atom. The molecule has 0 aromatic carbocycles. The second-order valence-electron chi connectivity index (χ2n) is 2.56. The van der Waals surface area contributed by atoms with Crippen LogP contribution in [0.4, 0.5) is 5.69 Å². The van der Waals surface area contributed by atoms with E-state index < -0.39 is 0 Å². The molecular weight excluding hydrogens is 160 g/mol. The number of nitrogen functional groups attached to an aromatic ring is 1. The third-order valence-electron chi connectivity index (χ3n) is 1.22. The van der Waals surface area contributed by atoms with Crippen molar-refractivity contribution in [3.8, 4) is 0 Å². The summed E-state index contributed by atoms with van der Waals surface area (Å²) in [6.45, 7) is 4.27. The zero-order chi connectivity index (χ0) is 8.27. The molecule has 0 aliphatic heterocycles. The predicted octanol–water partition coefficient (Wildman–Crippen LogP) is 1.90. The summed E-state index contributed by atoms with van der Waals surface area (Å²) in [5.74, 6) is 1.59. The zero-order valence-electron chi connectivity index (χ0n) is 6.70. The molecule has 3 nitrogen and oxygen atoms in total. The number of hydrogen-bond donors (Lipinski definition) is 1. The fourth-order valence-electron chi connectivity index (χ4n) is 0.623.